The molecule has 1 atom stereocenters. The average molecular weight is 356 g/mol. The molecule has 0 aliphatic carbocycles. The Morgan fingerprint density at radius 2 is 2.15 bits per heavy atom. The summed E-state index contributed by atoms with van der Waals surface area (Å²) in [5.41, 5.74) is 1.29. The largest absolute Gasteiger partial charge is 0.467 e. The number of ether oxygens (including phenoxy) is 1. The SMILES string of the molecule is CN=C(NCCCOCc1ccco1)NC1CCN(c2ccccc2)C1. The average Bonchev–Trinajstić information content (AvgIpc) is 3.36. The van der Waals surface area contributed by atoms with Crippen LogP contribution in [0.1, 0.15) is 18.6 Å². The number of aliphatic imine (C=N–C) groups is 1. The summed E-state index contributed by atoms with van der Waals surface area (Å²) in [7, 11) is 1.81. The van der Waals surface area contributed by atoms with Crippen LogP contribution in [0.2, 0.25) is 0 Å². The Labute approximate surface area is 155 Å². The lowest BCUT2D eigenvalue weighted by Crippen LogP contribution is -2.45. The molecule has 1 aromatic carbocycles. The van der Waals surface area contributed by atoms with Crippen molar-refractivity contribution in [1.82, 2.24) is 10.6 Å². The fraction of sp³-hybridized carbons (Fsp3) is 0.450. The fourth-order valence-electron chi connectivity index (χ4n) is 3.09. The first-order valence-electron chi connectivity index (χ1n) is 9.22. The summed E-state index contributed by atoms with van der Waals surface area (Å²) in [5, 5.41) is 6.88. The number of para-hydroxylation sites is 1. The zero-order valence-electron chi connectivity index (χ0n) is 15.4. The number of nitrogens with one attached hydrogen (secondary N) is 2. The van der Waals surface area contributed by atoms with Crippen molar-refractivity contribution in [2.24, 2.45) is 4.99 Å². The van der Waals surface area contributed by atoms with Crippen molar-refractivity contribution < 1.29 is 9.15 Å². The van der Waals surface area contributed by atoms with Crippen LogP contribution in [-0.4, -0.2) is 45.3 Å². The summed E-state index contributed by atoms with van der Waals surface area (Å²) in [6.07, 6.45) is 3.70. The van der Waals surface area contributed by atoms with Gasteiger partial charge in [-0.15, -0.1) is 0 Å². The molecule has 2 heterocycles. The van der Waals surface area contributed by atoms with Gasteiger partial charge in [-0.2, -0.15) is 0 Å². The first-order chi connectivity index (χ1) is 12.8. The summed E-state index contributed by atoms with van der Waals surface area (Å²) in [6, 6.07) is 14.8. The van der Waals surface area contributed by atoms with E-state index in [1.54, 1.807) is 6.26 Å². The van der Waals surface area contributed by atoms with E-state index in [2.05, 4.69) is 50.9 Å². The van der Waals surface area contributed by atoms with E-state index < -0.39 is 0 Å². The number of nitrogens with zero attached hydrogens (tertiary/aromatic N) is 2. The van der Waals surface area contributed by atoms with Crippen molar-refractivity contribution in [1.29, 1.82) is 0 Å². The second kappa shape index (κ2) is 9.87. The molecule has 2 N–H and O–H groups in total. The number of furan rings is 1. The molecule has 6 nitrogen and oxygen atoms in total. The van der Waals surface area contributed by atoms with Gasteiger partial charge in [0.2, 0.25) is 0 Å². The molecule has 1 fully saturated rings. The minimum atomic E-state index is 0.414. The molecule has 1 saturated heterocycles. The van der Waals surface area contributed by atoms with Crippen LogP contribution in [-0.2, 0) is 11.3 Å². The normalized spacial score (nSPS) is 17.5. The predicted molar refractivity (Wildman–Crippen MR) is 105 cm³/mol. The molecular formula is C20H28N4O2. The minimum Gasteiger partial charge on any atom is -0.467 e. The van der Waals surface area contributed by atoms with E-state index in [1.165, 1.54) is 5.69 Å². The molecule has 1 aliphatic rings. The maximum atomic E-state index is 5.59. The van der Waals surface area contributed by atoms with Crippen LogP contribution in [0.25, 0.3) is 0 Å². The van der Waals surface area contributed by atoms with Gasteiger partial charge in [0.1, 0.15) is 12.4 Å². The van der Waals surface area contributed by atoms with Gasteiger partial charge in [0.15, 0.2) is 5.96 Å². The highest BCUT2D eigenvalue weighted by molar-refractivity contribution is 5.80. The van der Waals surface area contributed by atoms with Crippen molar-refractivity contribution >= 4 is 11.6 Å². The van der Waals surface area contributed by atoms with Crippen LogP contribution < -0.4 is 15.5 Å². The van der Waals surface area contributed by atoms with Crippen molar-refractivity contribution in [2.75, 3.05) is 38.2 Å². The summed E-state index contributed by atoms with van der Waals surface area (Å²) in [4.78, 5) is 6.74. The molecule has 1 aliphatic heterocycles. The molecule has 6 heteroatoms. The van der Waals surface area contributed by atoms with Gasteiger partial charge in [0.05, 0.1) is 6.26 Å². The topological polar surface area (TPSA) is 62.0 Å². The lowest BCUT2D eigenvalue weighted by molar-refractivity contribution is 0.105. The van der Waals surface area contributed by atoms with E-state index in [4.69, 9.17) is 9.15 Å². The highest BCUT2D eigenvalue weighted by atomic mass is 16.5. The smallest absolute Gasteiger partial charge is 0.191 e. The van der Waals surface area contributed by atoms with Crippen LogP contribution >= 0.6 is 0 Å². The Balaban J connectivity index is 1.31. The van der Waals surface area contributed by atoms with Crippen molar-refractivity contribution in [3.63, 3.8) is 0 Å². The quantitative estimate of drug-likeness (QED) is 0.433. The first kappa shape index (κ1) is 18.3. The first-order valence-corrected chi connectivity index (χ1v) is 9.22. The molecule has 140 valence electrons. The highest BCUT2D eigenvalue weighted by Crippen LogP contribution is 2.19. The van der Waals surface area contributed by atoms with Crippen molar-refractivity contribution in [2.45, 2.75) is 25.5 Å². The molecule has 3 rings (SSSR count). The van der Waals surface area contributed by atoms with E-state index >= 15 is 0 Å². The number of anilines is 1. The third-order valence-corrected chi connectivity index (χ3v) is 4.46. The minimum absolute atomic E-state index is 0.414. The second-order valence-electron chi connectivity index (χ2n) is 6.40. The second-order valence-corrected chi connectivity index (χ2v) is 6.40. The van der Waals surface area contributed by atoms with Gasteiger partial charge in [-0.05, 0) is 37.1 Å². The van der Waals surface area contributed by atoms with E-state index in [-0.39, 0.29) is 0 Å². The van der Waals surface area contributed by atoms with E-state index in [1.807, 2.05) is 19.2 Å². The molecule has 0 radical (unpaired) electrons. The number of hydrogen-bond donors (Lipinski definition) is 2. The van der Waals surface area contributed by atoms with Crippen LogP contribution in [0.4, 0.5) is 5.69 Å². The van der Waals surface area contributed by atoms with Crippen LogP contribution in [0, 0.1) is 0 Å². The van der Waals surface area contributed by atoms with Crippen LogP contribution in [0.15, 0.2) is 58.1 Å². The molecular weight excluding hydrogens is 328 g/mol. The molecule has 1 unspecified atom stereocenters. The Hall–Kier alpha value is -2.47. The van der Waals surface area contributed by atoms with Crippen molar-refractivity contribution in [3.8, 4) is 0 Å². The Bertz CT molecular complexity index is 658. The lowest BCUT2D eigenvalue weighted by atomic mass is 10.3. The molecule has 0 amide bonds. The van der Waals surface area contributed by atoms with Gasteiger partial charge in [-0.3, -0.25) is 4.99 Å². The van der Waals surface area contributed by atoms with Gasteiger partial charge in [0, 0.05) is 45.0 Å². The molecule has 26 heavy (non-hydrogen) atoms. The predicted octanol–water partition coefficient (Wildman–Crippen LogP) is 2.63. The van der Waals surface area contributed by atoms with Gasteiger partial charge in [-0.25, -0.2) is 0 Å². The summed E-state index contributed by atoms with van der Waals surface area (Å²) >= 11 is 0. The number of guanidine groups is 1. The maximum absolute atomic E-state index is 5.59. The Morgan fingerprint density at radius 3 is 2.92 bits per heavy atom. The number of benzene rings is 1. The van der Waals surface area contributed by atoms with Gasteiger partial charge < -0.3 is 24.7 Å². The van der Waals surface area contributed by atoms with E-state index in [0.29, 0.717) is 19.3 Å². The van der Waals surface area contributed by atoms with Crippen molar-refractivity contribution in [3.05, 3.63) is 54.5 Å². The number of hydrogen-bond acceptors (Lipinski definition) is 4. The highest BCUT2D eigenvalue weighted by Gasteiger charge is 2.23. The fourth-order valence-corrected chi connectivity index (χ4v) is 3.09. The lowest BCUT2D eigenvalue weighted by Gasteiger charge is -2.20. The summed E-state index contributed by atoms with van der Waals surface area (Å²) in [6.45, 7) is 4.11. The van der Waals surface area contributed by atoms with Crippen LogP contribution in [0.3, 0.4) is 0 Å². The third-order valence-electron chi connectivity index (χ3n) is 4.46. The maximum Gasteiger partial charge on any atom is 0.191 e. The third kappa shape index (κ3) is 5.52. The standard InChI is InChI=1S/C20H28N4O2/c1-21-20(22-11-6-13-25-16-19-9-5-14-26-19)23-17-10-12-24(15-17)18-7-3-2-4-8-18/h2-5,7-9,14,17H,6,10-13,15-16H2,1H3,(H2,21,22,23). The van der Waals surface area contributed by atoms with Gasteiger partial charge in [0.25, 0.3) is 0 Å². The monoisotopic (exact) mass is 356 g/mol. The van der Waals surface area contributed by atoms with E-state index in [0.717, 1.165) is 44.2 Å². The molecule has 2 aromatic rings. The molecule has 0 spiro atoms. The Morgan fingerprint density at radius 1 is 1.27 bits per heavy atom. The molecule has 1 aromatic heterocycles. The number of rotatable bonds is 8. The molecule has 0 bridgehead atoms. The Kier molecular flexibility index (Phi) is 6.96. The van der Waals surface area contributed by atoms with Gasteiger partial charge in [-0.1, -0.05) is 18.2 Å². The summed E-state index contributed by atoms with van der Waals surface area (Å²) in [5.74, 6) is 1.72. The molecule has 0 saturated carbocycles. The zero-order valence-corrected chi connectivity index (χ0v) is 15.4. The van der Waals surface area contributed by atoms with E-state index in [9.17, 15) is 0 Å². The zero-order chi connectivity index (χ0) is 18.0. The summed E-state index contributed by atoms with van der Waals surface area (Å²) < 4.78 is 10.8. The van der Waals surface area contributed by atoms with Gasteiger partial charge >= 0.3 is 0 Å². The van der Waals surface area contributed by atoms with Crippen LogP contribution in [0.5, 0.6) is 0 Å².